The van der Waals surface area contributed by atoms with Crippen LogP contribution in [-0.2, 0) is 20.8 Å². The number of esters is 1. The summed E-state index contributed by atoms with van der Waals surface area (Å²) in [4.78, 5) is 48.4. The van der Waals surface area contributed by atoms with Crippen LogP contribution in [-0.4, -0.2) is 52.3 Å². The number of rotatable bonds is 8. The number of nitrogens with zero attached hydrogens (tertiary/aromatic N) is 4. The second kappa shape index (κ2) is 11.8. The first-order chi connectivity index (χ1) is 18.2. The number of methoxy groups -OCH3 is 1. The van der Waals surface area contributed by atoms with Crippen LogP contribution in [0.1, 0.15) is 24.2 Å². The van der Waals surface area contributed by atoms with E-state index in [0.717, 1.165) is 0 Å². The molecule has 0 aliphatic carbocycles. The molecule has 0 saturated heterocycles. The number of hydrogen-bond donors (Lipinski definition) is 0. The second-order valence-corrected chi connectivity index (χ2v) is 8.96. The van der Waals surface area contributed by atoms with Crippen molar-refractivity contribution in [3.8, 4) is 5.75 Å². The first-order valence-corrected chi connectivity index (χ1v) is 12.4. The van der Waals surface area contributed by atoms with Gasteiger partial charge in [0.15, 0.2) is 11.6 Å². The van der Waals surface area contributed by atoms with Crippen LogP contribution >= 0.6 is 23.2 Å². The Morgan fingerprint density at radius 1 is 1.16 bits per heavy atom. The van der Waals surface area contributed by atoms with Crippen molar-refractivity contribution < 1.29 is 23.8 Å². The lowest BCUT2D eigenvalue weighted by molar-refractivity contribution is -0.124. The van der Waals surface area contributed by atoms with Crippen molar-refractivity contribution in [2.75, 3.05) is 20.3 Å². The average Bonchev–Trinajstić information content (AvgIpc) is 2.89. The molecule has 1 atom stereocenters. The number of pyridine rings is 2. The fourth-order valence-corrected chi connectivity index (χ4v) is 4.21. The number of carbonyl (C=O) groups excluding carboxylic acids is 2. The molecule has 0 fully saturated rings. The zero-order chi connectivity index (χ0) is 27.4. The first-order valence-electron chi connectivity index (χ1n) is 11.7. The summed E-state index contributed by atoms with van der Waals surface area (Å²) >= 11 is 12.1. The molecule has 0 aliphatic rings. The smallest absolute Gasteiger partial charge is 0.341 e. The van der Waals surface area contributed by atoms with E-state index in [-0.39, 0.29) is 52.6 Å². The van der Waals surface area contributed by atoms with Crippen LogP contribution in [0.2, 0.25) is 10.0 Å². The summed E-state index contributed by atoms with van der Waals surface area (Å²) < 4.78 is 19.0. The van der Waals surface area contributed by atoms with Crippen molar-refractivity contribution in [3.63, 3.8) is 0 Å². The minimum atomic E-state index is -1.08. The monoisotopic (exact) mass is 558 g/mol. The molecule has 4 rings (SSSR count). The molecule has 0 spiro atoms. The minimum absolute atomic E-state index is 0.0390. The minimum Gasteiger partial charge on any atom is -0.479 e. The van der Waals surface area contributed by atoms with E-state index in [9.17, 15) is 14.4 Å². The molecule has 0 radical (unpaired) electrons. The number of carbonyl (C=O) groups is 2. The molecule has 1 unspecified atom stereocenters. The summed E-state index contributed by atoms with van der Waals surface area (Å²) in [5, 5.41) is 0.787. The van der Waals surface area contributed by atoms with Gasteiger partial charge in [-0.05, 0) is 50.2 Å². The maximum atomic E-state index is 13.3. The molecule has 38 heavy (non-hydrogen) atoms. The summed E-state index contributed by atoms with van der Waals surface area (Å²) in [6, 6.07) is 11.1. The van der Waals surface area contributed by atoms with E-state index in [0.29, 0.717) is 10.7 Å². The van der Waals surface area contributed by atoms with Crippen LogP contribution in [0.25, 0.3) is 16.7 Å². The second-order valence-electron chi connectivity index (χ2n) is 8.11. The van der Waals surface area contributed by atoms with Crippen LogP contribution in [0.3, 0.4) is 0 Å². The lowest BCUT2D eigenvalue weighted by atomic mass is 10.2. The third-order valence-electron chi connectivity index (χ3n) is 5.57. The van der Waals surface area contributed by atoms with E-state index in [1.807, 2.05) is 0 Å². The Morgan fingerprint density at radius 2 is 1.95 bits per heavy atom. The Labute approximate surface area is 227 Å². The molecular formula is C26H24Cl2N4O6. The average molecular weight is 559 g/mol. The van der Waals surface area contributed by atoms with Crippen molar-refractivity contribution in [1.82, 2.24) is 14.0 Å². The molecule has 3 heterocycles. The van der Waals surface area contributed by atoms with Gasteiger partial charge < -0.3 is 18.8 Å². The third-order valence-corrected chi connectivity index (χ3v) is 6.10. The maximum Gasteiger partial charge on any atom is 0.341 e. The van der Waals surface area contributed by atoms with E-state index < -0.39 is 23.5 Å². The van der Waals surface area contributed by atoms with Crippen LogP contribution in [0, 0.1) is 0 Å². The van der Waals surface area contributed by atoms with Crippen LogP contribution < -0.4 is 15.8 Å². The number of fused-ring (bicyclic) bond motifs is 2. The van der Waals surface area contributed by atoms with Crippen molar-refractivity contribution in [2.24, 2.45) is 4.99 Å². The first kappa shape index (κ1) is 27.3. The van der Waals surface area contributed by atoms with Gasteiger partial charge in [0, 0.05) is 24.9 Å². The van der Waals surface area contributed by atoms with Gasteiger partial charge in [0.05, 0.1) is 23.6 Å². The third kappa shape index (κ3) is 5.57. The van der Waals surface area contributed by atoms with E-state index in [2.05, 4.69) is 9.98 Å². The molecular weight excluding hydrogens is 535 g/mol. The molecule has 4 aromatic rings. The van der Waals surface area contributed by atoms with Gasteiger partial charge in [0.25, 0.3) is 11.5 Å². The number of ether oxygens (including phenoxy) is 3. The van der Waals surface area contributed by atoms with Crippen LogP contribution in [0.4, 0.5) is 0 Å². The topological polar surface area (TPSA) is 113 Å². The molecule has 10 nitrogen and oxygen atoms in total. The molecule has 0 bridgehead atoms. The standard InChI is InChI=1S/C26H24Cl2N4O6/c1-4-37-26(35)18-14-17-22(29-21-7-5-6-10-31(21)25(17)34)32(11-12-36-3)23(18)30-24(33)15(2)38-20-9-8-16(27)13-19(20)28/h5-10,13-15H,4,11-12H2,1-3H3. The van der Waals surface area contributed by atoms with Gasteiger partial charge in [-0.25, -0.2) is 9.78 Å². The Balaban J connectivity index is 1.95. The SMILES string of the molecule is CCOC(=O)c1cc2c(=O)n3ccccc3nc2n(CCOC)c1=NC(=O)C(C)Oc1ccc(Cl)cc1Cl. The van der Waals surface area contributed by atoms with E-state index in [1.54, 1.807) is 37.4 Å². The summed E-state index contributed by atoms with van der Waals surface area (Å²) in [5.41, 5.74) is 0.103. The quantitative estimate of drug-likeness (QED) is 0.239. The van der Waals surface area contributed by atoms with Gasteiger partial charge in [-0.15, -0.1) is 0 Å². The highest BCUT2D eigenvalue weighted by Crippen LogP contribution is 2.28. The molecule has 0 saturated carbocycles. The Bertz CT molecular complexity index is 1660. The Hall–Kier alpha value is -3.73. The molecule has 198 valence electrons. The van der Waals surface area contributed by atoms with Crippen molar-refractivity contribution >= 4 is 51.8 Å². The van der Waals surface area contributed by atoms with E-state index in [1.165, 1.54) is 41.2 Å². The summed E-state index contributed by atoms with van der Waals surface area (Å²) in [7, 11) is 1.50. The molecule has 0 N–H and O–H groups in total. The highest BCUT2D eigenvalue weighted by Gasteiger charge is 2.22. The van der Waals surface area contributed by atoms with Gasteiger partial charge in [-0.1, -0.05) is 29.3 Å². The normalized spacial score (nSPS) is 12.6. The number of amides is 1. The number of benzene rings is 1. The predicted octanol–water partition coefficient (Wildman–Crippen LogP) is 3.67. The van der Waals surface area contributed by atoms with Crippen molar-refractivity contribution in [2.45, 2.75) is 26.5 Å². The van der Waals surface area contributed by atoms with Crippen LogP contribution in [0.15, 0.2) is 58.4 Å². The largest absolute Gasteiger partial charge is 0.479 e. The Morgan fingerprint density at radius 3 is 2.66 bits per heavy atom. The van der Waals surface area contributed by atoms with Crippen molar-refractivity contribution in [3.05, 3.63) is 80.1 Å². The van der Waals surface area contributed by atoms with Gasteiger partial charge in [0.1, 0.15) is 22.6 Å². The Kier molecular flexibility index (Phi) is 8.45. The molecule has 1 amide bonds. The van der Waals surface area contributed by atoms with E-state index >= 15 is 0 Å². The van der Waals surface area contributed by atoms with Crippen molar-refractivity contribution in [1.29, 1.82) is 0 Å². The number of halogens is 2. The molecule has 3 aromatic heterocycles. The van der Waals surface area contributed by atoms with Gasteiger partial charge >= 0.3 is 5.97 Å². The number of hydrogen-bond acceptors (Lipinski definition) is 7. The fourth-order valence-electron chi connectivity index (χ4n) is 3.76. The lowest BCUT2D eigenvalue weighted by Crippen LogP contribution is -2.35. The number of aromatic nitrogens is 3. The maximum absolute atomic E-state index is 13.3. The summed E-state index contributed by atoms with van der Waals surface area (Å²) in [5.74, 6) is -1.21. The van der Waals surface area contributed by atoms with Gasteiger partial charge in [-0.2, -0.15) is 4.99 Å². The zero-order valence-electron chi connectivity index (χ0n) is 20.8. The van der Waals surface area contributed by atoms with Gasteiger partial charge in [0.2, 0.25) is 0 Å². The highest BCUT2D eigenvalue weighted by molar-refractivity contribution is 6.35. The van der Waals surface area contributed by atoms with Crippen LogP contribution in [0.5, 0.6) is 5.75 Å². The summed E-state index contributed by atoms with van der Waals surface area (Å²) in [6.07, 6.45) is 0.501. The molecule has 12 heteroatoms. The highest BCUT2D eigenvalue weighted by atomic mass is 35.5. The lowest BCUT2D eigenvalue weighted by Gasteiger charge is -2.16. The zero-order valence-corrected chi connectivity index (χ0v) is 22.3. The fraction of sp³-hybridized carbons (Fsp3) is 0.269. The molecule has 1 aromatic carbocycles. The summed E-state index contributed by atoms with van der Waals surface area (Å²) in [6.45, 7) is 3.55. The van der Waals surface area contributed by atoms with E-state index in [4.69, 9.17) is 37.4 Å². The predicted molar refractivity (Wildman–Crippen MR) is 142 cm³/mol. The molecule has 0 aliphatic heterocycles. The van der Waals surface area contributed by atoms with Gasteiger partial charge in [-0.3, -0.25) is 14.0 Å².